The molecule has 1 heterocycles. The number of benzene rings is 1. The smallest absolute Gasteiger partial charge is 0.228 e. The average Bonchev–Trinajstić information content (AvgIpc) is 2.92. The molecule has 0 spiro atoms. The molecule has 0 aliphatic heterocycles. The molecule has 4 heteroatoms. The highest BCUT2D eigenvalue weighted by Gasteiger charge is 2.14. The molecular weight excluding hydrogens is 266 g/mol. The molecule has 0 fully saturated rings. The standard InChI is InChI=1S/C14H14ClNOS/c1-10(9-15)14(17)16-12-6-3-2-5-11(12)13-7-4-8-18-13/h2-8,10H,9H2,1H3,(H,16,17). The molecule has 0 saturated carbocycles. The summed E-state index contributed by atoms with van der Waals surface area (Å²) in [6.07, 6.45) is 0. The Labute approximate surface area is 116 Å². The van der Waals surface area contributed by atoms with Crippen molar-refractivity contribution in [3.05, 3.63) is 41.8 Å². The number of para-hydroxylation sites is 1. The summed E-state index contributed by atoms with van der Waals surface area (Å²) in [5, 5.41) is 4.96. The molecule has 1 unspecified atom stereocenters. The summed E-state index contributed by atoms with van der Waals surface area (Å²) in [7, 11) is 0. The predicted octanol–water partition coefficient (Wildman–Crippen LogP) is 4.23. The van der Waals surface area contributed by atoms with Crippen molar-refractivity contribution in [2.45, 2.75) is 6.92 Å². The SMILES string of the molecule is CC(CCl)C(=O)Nc1ccccc1-c1cccs1. The van der Waals surface area contributed by atoms with E-state index < -0.39 is 0 Å². The van der Waals surface area contributed by atoms with Crippen molar-refractivity contribution in [1.82, 2.24) is 0 Å². The van der Waals surface area contributed by atoms with Crippen LogP contribution in [-0.2, 0) is 4.79 Å². The van der Waals surface area contributed by atoms with Crippen LogP contribution in [0.1, 0.15) is 6.92 Å². The molecule has 1 aromatic heterocycles. The molecule has 0 aliphatic rings. The predicted molar refractivity (Wildman–Crippen MR) is 78.3 cm³/mol. The van der Waals surface area contributed by atoms with Gasteiger partial charge in [0.05, 0.1) is 0 Å². The Morgan fingerprint density at radius 1 is 1.33 bits per heavy atom. The minimum absolute atomic E-state index is 0.0472. The number of carbonyl (C=O) groups is 1. The summed E-state index contributed by atoms with van der Waals surface area (Å²) in [4.78, 5) is 13.0. The Morgan fingerprint density at radius 2 is 2.11 bits per heavy atom. The van der Waals surface area contributed by atoms with Gasteiger partial charge in [-0.3, -0.25) is 4.79 Å². The van der Waals surface area contributed by atoms with Gasteiger partial charge in [0.1, 0.15) is 0 Å². The van der Waals surface area contributed by atoms with E-state index in [9.17, 15) is 4.79 Å². The van der Waals surface area contributed by atoms with Gasteiger partial charge in [-0.1, -0.05) is 31.2 Å². The van der Waals surface area contributed by atoms with Crippen LogP contribution >= 0.6 is 22.9 Å². The van der Waals surface area contributed by atoms with Gasteiger partial charge in [-0.15, -0.1) is 22.9 Å². The lowest BCUT2D eigenvalue weighted by molar-refractivity contribution is -0.118. The molecule has 0 radical (unpaired) electrons. The molecular formula is C14H14ClNOS. The summed E-state index contributed by atoms with van der Waals surface area (Å²) in [6.45, 7) is 1.82. The fraction of sp³-hybridized carbons (Fsp3) is 0.214. The monoisotopic (exact) mass is 279 g/mol. The highest BCUT2D eigenvalue weighted by molar-refractivity contribution is 7.13. The number of alkyl halides is 1. The van der Waals surface area contributed by atoms with E-state index in [2.05, 4.69) is 5.32 Å². The van der Waals surface area contributed by atoms with Crippen LogP contribution in [0.4, 0.5) is 5.69 Å². The third kappa shape index (κ3) is 2.92. The summed E-state index contributed by atoms with van der Waals surface area (Å²) in [5.41, 5.74) is 1.88. The van der Waals surface area contributed by atoms with Crippen LogP contribution < -0.4 is 5.32 Å². The highest BCUT2D eigenvalue weighted by atomic mass is 35.5. The van der Waals surface area contributed by atoms with Gasteiger partial charge in [0.25, 0.3) is 0 Å². The Bertz CT molecular complexity index is 524. The highest BCUT2D eigenvalue weighted by Crippen LogP contribution is 2.31. The second-order valence-corrected chi connectivity index (χ2v) is 5.32. The van der Waals surface area contributed by atoms with Crippen LogP contribution in [0.25, 0.3) is 10.4 Å². The maximum Gasteiger partial charge on any atom is 0.228 e. The van der Waals surface area contributed by atoms with E-state index in [1.807, 2.05) is 48.7 Å². The number of hydrogen-bond donors (Lipinski definition) is 1. The number of nitrogens with one attached hydrogen (secondary N) is 1. The zero-order valence-electron chi connectivity index (χ0n) is 10.0. The fourth-order valence-electron chi connectivity index (χ4n) is 1.56. The number of amides is 1. The first-order valence-electron chi connectivity index (χ1n) is 5.72. The number of anilines is 1. The summed E-state index contributed by atoms with van der Waals surface area (Å²) >= 11 is 7.35. The Balaban J connectivity index is 2.26. The molecule has 2 rings (SSSR count). The quantitative estimate of drug-likeness (QED) is 0.834. The van der Waals surface area contributed by atoms with Gasteiger partial charge >= 0.3 is 0 Å². The topological polar surface area (TPSA) is 29.1 Å². The Morgan fingerprint density at radius 3 is 2.78 bits per heavy atom. The zero-order valence-corrected chi connectivity index (χ0v) is 11.6. The maximum absolute atomic E-state index is 11.9. The lowest BCUT2D eigenvalue weighted by atomic mass is 10.1. The van der Waals surface area contributed by atoms with Gasteiger partial charge in [-0.05, 0) is 17.5 Å². The van der Waals surface area contributed by atoms with Crippen molar-refractivity contribution in [3.63, 3.8) is 0 Å². The van der Waals surface area contributed by atoms with Gasteiger partial charge in [0.2, 0.25) is 5.91 Å². The molecule has 1 aromatic carbocycles. The normalized spacial score (nSPS) is 12.1. The lowest BCUT2D eigenvalue weighted by Crippen LogP contribution is -2.21. The first-order chi connectivity index (χ1) is 8.72. The molecule has 0 bridgehead atoms. The second kappa shape index (κ2) is 6.03. The van der Waals surface area contributed by atoms with Crippen LogP contribution in [0.15, 0.2) is 41.8 Å². The number of carbonyl (C=O) groups excluding carboxylic acids is 1. The summed E-state index contributed by atoms with van der Waals surface area (Å²) in [5.74, 6) is 0.0876. The molecule has 2 nitrogen and oxygen atoms in total. The molecule has 94 valence electrons. The van der Waals surface area contributed by atoms with E-state index >= 15 is 0 Å². The van der Waals surface area contributed by atoms with E-state index in [4.69, 9.17) is 11.6 Å². The van der Waals surface area contributed by atoms with Crippen LogP contribution in [0.5, 0.6) is 0 Å². The van der Waals surface area contributed by atoms with E-state index in [0.29, 0.717) is 5.88 Å². The van der Waals surface area contributed by atoms with Crippen molar-refractivity contribution in [1.29, 1.82) is 0 Å². The van der Waals surface area contributed by atoms with Gasteiger partial charge in [0.15, 0.2) is 0 Å². The van der Waals surface area contributed by atoms with Crippen molar-refractivity contribution in [2.24, 2.45) is 5.92 Å². The molecule has 2 aromatic rings. The van der Waals surface area contributed by atoms with Crippen LogP contribution in [0.2, 0.25) is 0 Å². The maximum atomic E-state index is 11.9. The molecule has 18 heavy (non-hydrogen) atoms. The third-order valence-corrected chi connectivity index (χ3v) is 4.02. The van der Waals surface area contributed by atoms with Crippen molar-refractivity contribution < 1.29 is 4.79 Å². The van der Waals surface area contributed by atoms with E-state index in [1.165, 1.54) is 0 Å². The number of hydrogen-bond acceptors (Lipinski definition) is 2. The van der Waals surface area contributed by atoms with Gasteiger partial charge < -0.3 is 5.32 Å². The Kier molecular flexibility index (Phi) is 4.39. The second-order valence-electron chi connectivity index (χ2n) is 4.07. The summed E-state index contributed by atoms with van der Waals surface area (Å²) < 4.78 is 0. The van der Waals surface area contributed by atoms with Crippen LogP contribution in [-0.4, -0.2) is 11.8 Å². The molecule has 1 atom stereocenters. The van der Waals surface area contributed by atoms with Gasteiger partial charge in [-0.2, -0.15) is 0 Å². The first kappa shape index (κ1) is 13.1. The largest absolute Gasteiger partial charge is 0.325 e. The number of rotatable bonds is 4. The molecule has 1 amide bonds. The van der Waals surface area contributed by atoms with Crippen molar-refractivity contribution in [3.8, 4) is 10.4 Å². The first-order valence-corrected chi connectivity index (χ1v) is 7.13. The molecule has 1 N–H and O–H groups in total. The van der Waals surface area contributed by atoms with Crippen molar-refractivity contribution >= 4 is 34.5 Å². The van der Waals surface area contributed by atoms with E-state index in [1.54, 1.807) is 11.3 Å². The van der Waals surface area contributed by atoms with E-state index in [-0.39, 0.29) is 11.8 Å². The number of thiophene rings is 1. The average molecular weight is 280 g/mol. The fourth-order valence-corrected chi connectivity index (χ4v) is 2.47. The molecule has 0 aliphatic carbocycles. The van der Waals surface area contributed by atoms with E-state index in [0.717, 1.165) is 16.1 Å². The Hall–Kier alpha value is -1.32. The van der Waals surface area contributed by atoms with Crippen LogP contribution in [0, 0.1) is 5.92 Å². The minimum atomic E-state index is -0.192. The van der Waals surface area contributed by atoms with Gasteiger partial charge in [-0.25, -0.2) is 0 Å². The molecule has 0 saturated heterocycles. The lowest BCUT2D eigenvalue weighted by Gasteiger charge is -2.12. The summed E-state index contributed by atoms with van der Waals surface area (Å²) in [6, 6.07) is 11.8. The minimum Gasteiger partial charge on any atom is -0.325 e. The number of halogens is 1. The van der Waals surface area contributed by atoms with Gasteiger partial charge in [0, 0.05) is 27.9 Å². The van der Waals surface area contributed by atoms with Crippen LogP contribution in [0.3, 0.4) is 0 Å². The third-order valence-electron chi connectivity index (χ3n) is 2.65. The zero-order chi connectivity index (χ0) is 13.0. The van der Waals surface area contributed by atoms with Crippen molar-refractivity contribution in [2.75, 3.05) is 11.2 Å².